The van der Waals surface area contributed by atoms with Crippen molar-refractivity contribution in [2.24, 2.45) is 5.92 Å². The zero-order valence-electron chi connectivity index (χ0n) is 14.3. The third-order valence-electron chi connectivity index (χ3n) is 4.80. The van der Waals surface area contributed by atoms with Gasteiger partial charge in [0.1, 0.15) is 11.5 Å². The molecule has 0 radical (unpaired) electrons. The zero-order valence-corrected chi connectivity index (χ0v) is 14.3. The maximum Gasteiger partial charge on any atom is 0.151 e. The van der Waals surface area contributed by atoms with Gasteiger partial charge in [-0.1, -0.05) is 0 Å². The van der Waals surface area contributed by atoms with Gasteiger partial charge >= 0.3 is 0 Å². The Morgan fingerprint density at radius 3 is 2.71 bits per heavy atom. The fourth-order valence-electron chi connectivity index (χ4n) is 3.69. The molecule has 2 aromatic heterocycles. The van der Waals surface area contributed by atoms with Gasteiger partial charge in [-0.05, 0) is 38.1 Å². The lowest BCUT2D eigenvalue weighted by molar-refractivity contribution is 0.0605. The molecule has 4 rings (SSSR count). The van der Waals surface area contributed by atoms with Crippen molar-refractivity contribution in [1.29, 1.82) is 0 Å². The Balaban J connectivity index is 1.54. The summed E-state index contributed by atoms with van der Waals surface area (Å²) in [5, 5.41) is 8.63. The number of aromatic nitrogens is 2. The topological polar surface area (TPSA) is 54.6 Å². The Labute approximate surface area is 142 Å². The van der Waals surface area contributed by atoms with Gasteiger partial charge < -0.3 is 14.1 Å². The predicted molar refractivity (Wildman–Crippen MR) is 90.9 cm³/mol. The second-order valence-electron chi connectivity index (χ2n) is 6.95. The third kappa shape index (κ3) is 3.30. The van der Waals surface area contributed by atoms with Crippen LogP contribution in [-0.4, -0.2) is 54.0 Å². The number of anilines is 1. The molecule has 0 amide bonds. The summed E-state index contributed by atoms with van der Waals surface area (Å²) in [6, 6.07) is 8.51. The molecule has 2 atom stereocenters. The average Bonchev–Trinajstić information content (AvgIpc) is 2.76. The van der Waals surface area contributed by atoms with E-state index in [9.17, 15) is 0 Å². The van der Waals surface area contributed by atoms with Gasteiger partial charge in [0.25, 0.3) is 0 Å². The lowest BCUT2D eigenvalue weighted by atomic mass is 10.1. The Hall–Kier alpha value is -1.92. The molecule has 0 unspecified atom stereocenters. The first-order valence-electron chi connectivity index (χ1n) is 8.60. The minimum absolute atomic E-state index is 0.297. The van der Waals surface area contributed by atoms with Crippen LogP contribution in [0.3, 0.4) is 0 Å². The van der Waals surface area contributed by atoms with Crippen molar-refractivity contribution in [2.45, 2.75) is 26.4 Å². The van der Waals surface area contributed by atoms with Gasteiger partial charge in [-0.25, -0.2) is 0 Å². The van der Waals surface area contributed by atoms with Crippen molar-refractivity contribution in [1.82, 2.24) is 15.1 Å². The molecule has 24 heavy (non-hydrogen) atoms. The summed E-state index contributed by atoms with van der Waals surface area (Å²) in [7, 11) is 0. The smallest absolute Gasteiger partial charge is 0.151 e. The van der Waals surface area contributed by atoms with E-state index >= 15 is 0 Å². The Bertz CT molecular complexity index is 685. The fraction of sp³-hybridized carbons (Fsp3) is 0.556. The van der Waals surface area contributed by atoms with Gasteiger partial charge in [0.2, 0.25) is 0 Å². The molecule has 4 heterocycles. The minimum Gasteiger partial charge on any atom is -0.465 e. The van der Waals surface area contributed by atoms with Gasteiger partial charge in [0.15, 0.2) is 5.82 Å². The van der Waals surface area contributed by atoms with Crippen molar-refractivity contribution in [2.75, 3.05) is 37.7 Å². The number of aryl methyl sites for hydroxylation is 2. The van der Waals surface area contributed by atoms with Crippen LogP contribution in [0, 0.1) is 19.8 Å². The Morgan fingerprint density at radius 1 is 1.04 bits per heavy atom. The van der Waals surface area contributed by atoms with E-state index < -0.39 is 0 Å². The summed E-state index contributed by atoms with van der Waals surface area (Å²) < 4.78 is 11.7. The minimum atomic E-state index is 0.297. The van der Waals surface area contributed by atoms with Crippen LogP contribution in [0.25, 0.3) is 0 Å². The summed E-state index contributed by atoms with van der Waals surface area (Å²) in [5.74, 6) is 3.43. The maximum atomic E-state index is 5.90. The molecular weight excluding hydrogens is 304 g/mol. The van der Waals surface area contributed by atoms with Gasteiger partial charge in [0, 0.05) is 25.6 Å². The first-order valence-corrected chi connectivity index (χ1v) is 8.60. The van der Waals surface area contributed by atoms with Crippen LogP contribution >= 0.6 is 0 Å². The van der Waals surface area contributed by atoms with Crippen LogP contribution in [0.1, 0.15) is 17.2 Å². The second kappa shape index (κ2) is 6.53. The molecule has 2 fully saturated rings. The number of nitrogens with zero attached hydrogens (tertiary/aromatic N) is 4. The number of hydrogen-bond acceptors (Lipinski definition) is 6. The van der Waals surface area contributed by atoms with E-state index in [1.807, 2.05) is 26.0 Å². The molecule has 2 bridgehead atoms. The number of rotatable bonds is 3. The van der Waals surface area contributed by atoms with Crippen LogP contribution in [-0.2, 0) is 11.3 Å². The van der Waals surface area contributed by atoms with Crippen molar-refractivity contribution in [3.63, 3.8) is 0 Å². The van der Waals surface area contributed by atoms with Crippen LogP contribution < -0.4 is 4.90 Å². The van der Waals surface area contributed by atoms with E-state index in [1.54, 1.807) is 0 Å². The molecule has 2 aliphatic heterocycles. The highest BCUT2D eigenvalue weighted by molar-refractivity contribution is 5.40. The summed E-state index contributed by atoms with van der Waals surface area (Å²) in [6.45, 7) is 9.29. The number of fused-ring (bicyclic) bond motifs is 3. The lowest BCUT2D eigenvalue weighted by Crippen LogP contribution is -2.44. The fourth-order valence-corrected chi connectivity index (χ4v) is 3.69. The van der Waals surface area contributed by atoms with Crippen LogP contribution in [0.2, 0.25) is 0 Å². The molecular formula is C18H24N4O2. The van der Waals surface area contributed by atoms with Gasteiger partial charge in [-0.2, -0.15) is 5.10 Å². The molecule has 0 aliphatic carbocycles. The summed E-state index contributed by atoms with van der Waals surface area (Å²) in [6.07, 6.45) is 0. The van der Waals surface area contributed by atoms with E-state index in [1.165, 1.54) is 0 Å². The molecule has 0 saturated carbocycles. The monoisotopic (exact) mass is 328 g/mol. The van der Waals surface area contributed by atoms with E-state index in [0.29, 0.717) is 12.0 Å². The summed E-state index contributed by atoms with van der Waals surface area (Å²) in [4.78, 5) is 4.86. The third-order valence-corrected chi connectivity index (χ3v) is 4.80. The van der Waals surface area contributed by atoms with Crippen molar-refractivity contribution in [3.8, 4) is 0 Å². The summed E-state index contributed by atoms with van der Waals surface area (Å²) >= 11 is 0. The molecule has 6 nitrogen and oxygen atoms in total. The molecule has 2 saturated heterocycles. The highest BCUT2D eigenvalue weighted by Crippen LogP contribution is 2.25. The zero-order chi connectivity index (χ0) is 16.5. The molecule has 2 aromatic rings. The molecule has 2 aliphatic rings. The van der Waals surface area contributed by atoms with E-state index in [4.69, 9.17) is 9.15 Å². The van der Waals surface area contributed by atoms with Gasteiger partial charge in [-0.15, -0.1) is 5.10 Å². The average molecular weight is 328 g/mol. The van der Waals surface area contributed by atoms with E-state index in [-0.39, 0.29) is 0 Å². The van der Waals surface area contributed by atoms with E-state index in [2.05, 4.69) is 32.1 Å². The predicted octanol–water partition coefficient (Wildman–Crippen LogP) is 2.02. The van der Waals surface area contributed by atoms with Gasteiger partial charge in [-0.3, -0.25) is 4.90 Å². The Morgan fingerprint density at radius 2 is 1.96 bits per heavy atom. The molecule has 128 valence electrons. The highest BCUT2D eigenvalue weighted by Gasteiger charge is 2.34. The first-order chi connectivity index (χ1) is 11.7. The van der Waals surface area contributed by atoms with Crippen LogP contribution in [0.4, 0.5) is 5.82 Å². The summed E-state index contributed by atoms with van der Waals surface area (Å²) in [5.41, 5.74) is 0.947. The van der Waals surface area contributed by atoms with E-state index in [0.717, 1.165) is 62.4 Å². The van der Waals surface area contributed by atoms with Crippen molar-refractivity contribution in [3.05, 3.63) is 41.5 Å². The standard InChI is InChI=1S/C18H24N4O2/c1-13-3-6-18(20-19-13)22-8-15-7-21(9-16(22)12-23-11-15)10-17-5-4-14(2)24-17/h3-6,15-16H,7-12H2,1-2H3/t15-,16-/m0/s1. The van der Waals surface area contributed by atoms with Gasteiger partial charge in [0.05, 0.1) is 31.5 Å². The largest absolute Gasteiger partial charge is 0.465 e. The molecule has 0 N–H and O–H groups in total. The second-order valence-corrected chi connectivity index (χ2v) is 6.95. The Kier molecular flexibility index (Phi) is 4.24. The molecule has 0 spiro atoms. The van der Waals surface area contributed by atoms with Crippen molar-refractivity contribution >= 4 is 5.82 Å². The number of ether oxygens (including phenoxy) is 1. The quantitative estimate of drug-likeness (QED) is 0.859. The maximum absolute atomic E-state index is 5.90. The lowest BCUT2D eigenvalue weighted by Gasteiger charge is -2.31. The normalized spacial score (nSPS) is 24.8. The van der Waals surface area contributed by atoms with Crippen molar-refractivity contribution < 1.29 is 9.15 Å². The first kappa shape index (κ1) is 15.6. The van der Waals surface area contributed by atoms with Crippen LogP contribution in [0.15, 0.2) is 28.7 Å². The highest BCUT2D eigenvalue weighted by atomic mass is 16.5. The number of hydrogen-bond donors (Lipinski definition) is 0. The van der Waals surface area contributed by atoms with Crippen LogP contribution in [0.5, 0.6) is 0 Å². The number of furan rings is 1. The molecule has 6 heteroatoms. The SMILES string of the molecule is Cc1ccc(N2C[C@H]3COC[C@@H]2CN(Cc2ccc(C)o2)C3)nn1. The molecule has 0 aromatic carbocycles.